The Hall–Kier alpha value is -0.610. The highest BCUT2D eigenvalue weighted by atomic mass is 16.4. The van der Waals surface area contributed by atoms with Crippen molar-refractivity contribution < 1.29 is 9.90 Å². The van der Waals surface area contributed by atoms with Crippen molar-refractivity contribution in [2.75, 3.05) is 13.1 Å². The van der Waals surface area contributed by atoms with Gasteiger partial charge in [0.25, 0.3) is 0 Å². The zero-order valence-electron chi connectivity index (χ0n) is 12.9. The average Bonchev–Trinajstić information content (AvgIpc) is 3.37. The summed E-state index contributed by atoms with van der Waals surface area (Å²) in [5, 5.41) is 13.5. The molecule has 4 nitrogen and oxygen atoms in total. The highest BCUT2D eigenvalue weighted by molar-refractivity contribution is 5.80. The number of aliphatic carboxylic acids is 1. The van der Waals surface area contributed by atoms with E-state index < -0.39 is 11.5 Å². The van der Waals surface area contributed by atoms with E-state index in [9.17, 15) is 9.90 Å². The van der Waals surface area contributed by atoms with Gasteiger partial charge < -0.3 is 5.11 Å². The van der Waals surface area contributed by atoms with Gasteiger partial charge in [-0.2, -0.15) is 0 Å². The molecule has 4 heteroatoms. The fourth-order valence-corrected chi connectivity index (χ4v) is 4.84. The molecule has 0 spiro atoms. The second-order valence-electron chi connectivity index (χ2n) is 7.84. The van der Waals surface area contributed by atoms with E-state index in [1.165, 1.54) is 32.1 Å². The molecule has 3 aliphatic carbocycles. The SMILES string of the molecule is O=C(O)C(CN1CCCC2CCCC21)(NC1CC1)C1CC1. The zero-order valence-corrected chi connectivity index (χ0v) is 12.9. The molecule has 1 saturated heterocycles. The lowest BCUT2D eigenvalue weighted by molar-refractivity contribution is -0.148. The zero-order chi connectivity index (χ0) is 14.4. The van der Waals surface area contributed by atoms with Crippen LogP contribution in [0.1, 0.15) is 57.8 Å². The van der Waals surface area contributed by atoms with Gasteiger partial charge in [0, 0.05) is 18.6 Å². The highest BCUT2D eigenvalue weighted by Gasteiger charge is 2.55. The van der Waals surface area contributed by atoms with Crippen LogP contribution in [-0.4, -0.2) is 46.7 Å². The van der Waals surface area contributed by atoms with Gasteiger partial charge in [0.05, 0.1) is 0 Å². The molecule has 3 atom stereocenters. The molecular weight excluding hydrogens is 264 g/mol. The van der Waals surface area contributed by atoms with Gasteiger partial charge in [-0.05, 0) is 69.7 Å². The number of hydrogen-bond donors (Lipinski definition) is 2. The summed E-state index contributed by atoms with van der Waals surface area (Å²) in [6.45, 7) is 1.85. The summed E-state index contributed by atoms with van der Waals surface area (Å²) in [4.78, 5) is 14.7. The van der Waals surface area contributed by atoms with Crippen molar-refractivity contribution in [2.24, 2.45) is 11.8 Å². The van der Waals surface area contributed by atoms with Gasteiger partial charge in [0.15, 0.2) is 0 Å². The van der Waals surface area contributed by atoms with E-state index in [-0.39, 0.29) is 0 Å². The van der Waals surface area contributed by atoms with Crippen LogP contribution < -0.4 is 5.32 Å². The lowest BCUT2D eigenvalue weighted by atomic mass is 9.87. The maximum absolute atomic E-state index is 12.1. The molecule has 4 rings (SSSR count). The summed E-state index contributed by atoms with van der Waals surface area (Å²) in [7, 11) is 0. The molecule has 4 aliphatic rings. The normalized spacial score (nSPS) is 36.2. The van der Waals surface area contributed by atoms with Gasteiger partial charge >= 0.3 is 5.97 Å². The van der Waals surface area contributed by atoms with Crippen LogP contribution >= 0.6 is 0 Å². The quantitative estimate of drug-likeness (QED) is 0.788. The summed E-state index contributed by atoms with van der Waals surface area (Å²) in [6.07, 6.45) is 11.1. The minimum atomic E-state index is -0.661. The van der Waals surface area contributed by atoms with Crippen LogP contribution in [0.4, 0.5) is 0 Å². The summed E-state index contributed by atoms with van der Waals surface area (Å²) < 4.78 is 0. The molecule has 0 amide bonds. The standard InChI is InChI=1S/C17H28N2O2/c20-16(21)17(13-6-7-13,18-14-8-9-14)11-19-10-2-4-12-3-1-5-15(12)19/h12-15,18H,1-11H2,(H,20,21). The molecule has 0 aromatic heterocycles. The molecule has 0 aromatic rings. The summed E-state index contributed by atoms with van der Waals surface area (Å²) >= 11 is 0. The predicted octanol–water partition coefficient (Wildman–Crippen LogP) is 2.24. The minimum absolute atomic E-state index is 0.359. The number of nitrogens with zero attached hydrogens (tertiary/aromatic N) is 1. The van der Waals surface area contributed by atoms with Gasteiger partial charge in [-0.3, -0.25) is 15.0 Å². The van der Waals surface area contributed by atoms with E-state index in [2.05, 4.69) is 10.2 Å². The largest absolute Gasteiger partial charge is 0.480 e. The van der Waals surface area contributed by atoms with Crippen LogP contribution in [0.15, 0.2) is 0 Å². The number of likely N-dealkylation sites (tertiary alicyclic amines) is 1. The monoisotopic (exact) mass is 292 g/mol. The number of hydrogen-bond acceptors (Lipinski definition) is 3. The van der Waals surface area contributed by atoms with Gasteiger partial charge in [0.2, 0.25) is 0 Å². The first-order chi connectivity index (χ1) is 10.2. The number of fused-ring (bicyclic) bond motifs is 1. The average molecular weight is 292 g/mol. The molecule has 21 heavy (non-hydrogen) atoms. The molecule has 4 fully saturated rings. The molecule has 1 heterocycles. The summed E-state index contributed by atoms with van der Waals surface area (Å²) in [6, 6.07) is 1.13. The molecule has 1 aliphatic heterocycles. The highest BCUT2D eigenvalue weighted by Crippen LogP contribution is 2.44. The Morgan fingerprint density at radius 2 is 1.86 bits per heavy atom. The van der Waals surface area contributed by atoms with Crippen LogP contribution in [-0.2, 0) is 4.79 Å². The Kier molecular flexibility index (Phi) is 3.49. The Bertz CT molecular complexity index is 419. The Labute approximate surface area is 127 Å². The Morgan fingerprint density at radius 3 is 2.52 bits per heavy atom. The third-order valence-corrected chi connectivity index (χ3v) is 6.26. The van der Waals surface area contributed by atoms with Gasteiger partial charge in [0.1, 0.15) is 5.54 Å². The van der Waals surface area contributed by atoms with Crippen LogP contribution in [0.25, 0.3) is 0 Å². The molecule has 2 N–H and O–H groups in total. The number of carboxylic acids is 1. The first-order valence-electron chi connectivity index (χ1n) is 8.94. The molecule has 0 radical (unpaired) electrons. The van der Waals surface area contributed by atoms with Crippen molar-refractivity contribution in [2.45, 2.75) is 75.4 Å². The fraction of sp³-hybridized carbons (Fsp3) is 0.941. The molecule has 0 bridgehead atoms. The maximum Gasteiger partial charge on any atom is 0.325 e. The van der Waals surface area contributed by atoms with E-state index in [0.717, 1.165) is 44.7 Å². The van der Waals surface area contributed by atoms with E-state index >= 15 is 0 Å². The second kappa shape index (κ2) is 5.24. The number of nitrogens with one attached hydrogen (secondary N) is 1. The van der Waals surface area contributed by atoms with Crippen molar-refractivity contribution in [3.63, 3.8) is 0 Å². The third-order valence-electron chi connectivity index (χ3n) is 6.26. The van der Waals surface area contributed by atoms with Crippen LogP contribution in [0, 0.1) is 11.8 Å². The molecule has 0 aromatic carbocycles. The lowest BCUT2D eigenvalue weighted by Crippen LogP contribution is -2.63. The smallest absolute Gasteiger partial charge is 0.325 e. The predicted molar refractivity (Wildman–Crippen MR) is 81.2 cm³/mol. The number of rotatable bonds is 6. The van der Waals surface area contributed by atoms with Crippen molar-refractivity contribution in [3.8, 4) is 0 Å². The third kappa shape index (κ3) is 2.61. The molecule has 3 saturated carbocycles. The van der Waals surface area contributed by atoms with Gasteiger partial charge in [-0.1, -0.05) is 6.42 Å². The second-order valence-corrected chi connectivity index (χ2v) is 7.84. The van der Waals surface area contributed by atoms with Gasteiger partial charge in [-0.15, -0.1) is 0 Å². The Balaban J connectivity index is 1.53. The fourth-order valence-electron chi connectivity index (χ4n) is 4.84. The first-order valence-corrected chi connectivity index (χ1v) is 8.94. The Morgan fingerprint density at radius 1 is 1.10 bits per heavy atom. The minimum Gasteiger partial charge on any atom is -0.480 e. The summed E-state index contributed by atoms with van der Waals surface area (Å²) in [5.74, 6) is 0.597. The van der Waals surface area contributed by atoms with E-state index in [0.29, 0.717) is 18.0 Å². The van der Waals surface area contributed by atoms with Crippen LogP contribution in [0.5, 0.6) is 0 Å². The molecule has 3 unspecified atom stereocenters. The molecular formula is C17H28N2O2. The van der Waals surface area contributed by atoms with Crippen molar-refractivity contribution >= 4 is 5.97 Å². The van der Waals surface area contributed by atoms with E-state index in [4.69, 9.17) is 0 Å². The first kappa shape index (κ1) is 14.0. The van der Waals surface area contributed by atoms with Crippen LogP contribution in [0.2, 0.25) is 0 Å². The van der Waals surface area contributed by atoms with Gasteiger partial charge in [-0.25, -0.2) is 0 Å². The maximum atomic E-state index is 12.1. The number of piperidine rings is 1. The summed E-state index contributed by atoms with van der Waals surface area (Å²) in [5.41, 5.74) is -0.661. The van der Waals surface area contributed by atoms with E-state index in [1.54, 1.807) is 0 Å². The lowest BCUT2D eigenvalue weighted by Gasteiger charge is -2.43. The van der Waals surface area contributed by atoms with Crippen molar-refractivity contribution in [3.05, 3.63) is 0 Å². The molecule has 118 valence electrons. The number of carboxylic acid groups (broad SMARTS) is 1. The topological polar surface area (TPSA) is 52.6 Å². The van der Waals surface area contributed by atoms with Crippen molar-refractivity contribution in [1.82, 2.24) is 10.2 Å². The number of carbonyl (C=O) groups is 1. The van der Waals surface area contributed by atoms with Crippen molar-refractivity contribution in [1.29, 1.82) is 0 Å². The van der Waals surface area contributed by atoms with E-state index in [1.807, 2.05) is 0 Å². The van der Waals surface area contributed by atoms with Crippen LogP contribution in [0.3, 0.4) is 0 Å².